The molecule has 25 heteroatoms. The first-order valence-corrected chi connectivity index (χ1v) is 23.1. The molecular formula is C43H80N12O13. The molecule has 390 valence electrons. The maximum absolute atomic E-state index is 13.6. The number of amides is 9. The Morgan fingerprint density at radius 3 is 1.22 bits per heavy atom. The fourth-order valence-corrected chi connectivity index (χ4v) is 6.56. The Balaban J connectivity index is 6.09. The van der Waals surface area contributed by atoms with Crippen molar-refractivity contribution in [2.24, 2.45) is 40.7 Å². The number of carboxylic acids is 1. The van der Waals surface area contributed by atoms with E-state index in [1.807, 2.05) is 0 Å². The SMILES string of the molecule is CC(C)C[C@H](NC(=O)[C@H](C)NC(=O)[C@H](CCCCN)NC(=O)[C@H](CO)NC(=O)[C@H](CO)NC(=O)[C@H](CC(C)C)NC(=O)[C@@H](N)CCCCN)C(=O)N[C@@H](CCC(N)=O)C(=O)N[C@H](C(=O)O)C(C)C. The van der Waals surface area contributed by atoms with Crippen molar-refractivity contribution in [2.75, 3.05) is 26.3 Å². The second-order valence-corrected chi connectivity index (χ2v) is 18.0. The number of nitrogens with one attached hydrogen (secondary N) is 8. The van der Waals surface area contributed by atoms with Gasteiger partial charge in [0.2, 0.25) is 53.2 Å². The summed E-state index contributed by atoms with van der Waals surface area (Å²) >= 11 is 0. The van der Waals surface area contributed by atoms with Gasteiger partial charge in [-0.2, -0.15) is 0 Å². The lowest BCUT2D eigenvalue weighted by Gasteiger charge is -2.27. The van der Waals surface area contributed by atoms with E-state index in [0.717, 1.165) is 0 Å². The van der Waals surface area contributed by atoms with Crippen LogP contribution in [-0.2, 0) is 47.9 Å². The fraction of sp³-hybridized carbons (Fsp3) is 0.767. The average molecular weight is 973 g/mol. The number of carboxylic acid groups (broad SMARTS) is 1. The van der Waals surface area contributed by atoms with Gasteiger partial charge in [-0.15, -0.1) is 0 Å². The van der Waals surface area contributed by atoms with E-state index in [1.165, 1.54) is 6.92 Å². The average Bonchev–Trinajstić information content (AvgIpc) is 3.25. The highest BCUT2D eigenvalue weighted by molar-refractivity contribution is 5.98. The summed E-state index contributed by atoms with van der Waals surface area (Å²) in [5.41, 5.74) is 22.4. The van der Waals surface area contributed by atoms with Crippen LogP contribution in [0.15, 0.2) is 0 Å². The number of rotatable bonds is 35. The number of primary amides is 1. The van der Waals surface area contributed by atoms with Crippen molar-refractivity contribution in [1.29, 1.82) is 0 Å². The highest BCUT2D eigenvalue weighted by Crippen LogP contribution is 2.11. The number of aliphatic carboxylic acids is 1. The van der Waals surface area contributed by atoms with Crippen molar-refractivity contribution in [3.8, 4) is 0 Å². The second-order valence-electron chi connectivity index (χ2n) is 18.0. The van der Waals surface area contributed by atoms with Gasteiger partial charge in [0.05, 0.1) is 19.3 Å². The van der Waals surface area contributed by atoms with Crippen molar-refractivity contribution in [3.63, 3.8) is 0 Å². The van der Waals surface area contributed by atoms with Gasteiger partial charge in [0.15, 0.2) is 0 Å². The summed E-state index contributed by atoms with van der Waals surface area (Å²) in [5.74, 6) is -9.98. The van der Waals surface area contributed by atoms with Crippen LogP contribution in [0.3, 0.4) is 0 Å². The molecule has 0 unspecified atom stereocenters. The molecule has 0 aliphatic carbocycles. The highest BCUT2D eigenvalue weighted by Gasteiger charge is 2.35. The minimum atomic E-state index is -1.71. The second kappa shape index (κ2) is 33.1. The molecule has 9 amide bonds. The third kappa shape index (κ3) is 24.5. The zero-order valence-corrected chi connectivity index (χ0v) is 40.6. The summed E-state index contributed by atoms with van der Waals surface area (Å²) in [6, 6.07) is -12.1. The van der Waals surface area contributed by atoms with Crippen LogP contribution < -0.4 is 65.5 Å². The molecular weight excluding hydrogens is 893 g/mol. The smallest absolute Gasteiger partial charge is 0.326 e. The van der Waals surface area contributed by atoms with Crippen LogP contribution in [0, 0.1) is 17.8 Å². The van der Waals surface area contributed by atoms with Gasteiger partial charge in [-0.25, -0.2) is 4.79 Å². The van der Waals surface area contributed by atoms with Crippen molar-refractivity contribution in [2.45, 2.75) is 167 Å². The van der Waals surface area contributed by atoms with Gasteiger partial charge in [-0.05, 0) is 89.1 Å². The molecule has 0 heterocycles. The van der Waals surface area contributed by atoms with Crippen LogP contribution in [0.25, 0.3) is 0 Å². The zero-order chi connectivity index (χ0) is 52.3. The van der Waals surface area contributed by atoms with Crippen molar-refractivity contribution >= 4 is 59.1 Å². The normalized spacial score (nSPS) is 15.3. The van der Waals surface area contributed by atoms with E-state index in [-0.39, 0.29) is 50.5 Å². The molecule has 0 aromatic rings. The molecule has 0 aromatic carbocycles. The number of unbranched alkanes of at least 4 members (excludes halogenated alkanes) is 2. The summed E-state index contributed by atoms with van der Waals surface area (Å²) in [6.07, 6.45) is 1.83. The predicted octanol–water partition coefficient (Wildman–Crippen LogP) is -4.45. The molecule has 0 aliphatic heterocycles. The van der Waals surface area contributed by atoms with Crippen LogP contribution in [0.1, 0.15) is 113 Å². The maximum atomic E-state index is 13.6. The number of hydrogen-bond acceptors (Lipinski definition) is 15. The van der Waals surface area contributed by atoms with Crippen LogP contribution in [0.4, 0.5) is 0 Å². The quantitative estimate of drug-likeness (QED) is 0.0267. The molecule has 0 aliphatic rings. The third-order valence-electron chi connectivity index (χ3n) is 10.5. The summed E-state index contributed by atoms with van der Waals surface area (Å²) < 4.78 is 0. The lowest BCUT2D eigenvalue weighted by Crippen LogP contribution is -2.61. The van der Waals surface area contributed by atoms with E-state index in [2.05, 4.69) is 42.5 Å². The predicted molar refractivity (Wildman–Crippen MR) is 249 cm³/mol. The van der Waals surface area contributed by atoms with Gasteiger partial charge in [0, 0.05) is 6.42 Å². The van der Waals surface area contributed by atoms with E-state index >= 15 is 0 Å². The van der Waals surface area contributed by atoms with Crippen molar-refractivity contribution in [3.05, 3.63) is 0 Å². The number of nitrogens with two attached hydrogens (primary N) is 4. The Bertz CT molecular complexity index is 1670. The van der Waals surface area contributed by atoms with E-state index in [4.69, 9.17) is 22.9 Å². The largest absolute Gasteiger partial charge is 0.480 e. The topological polar surface area (TPSA) is 432 Å². The first-order valence-electron chi connectivity index (χ1n) is 23.1. The van der Waals surface area contributed by atoms with Gasteiger partial charge >= 0.3 is 5.97 Å². The molecule has 25 nitrogen and oxygen atoms in total. The summed E-state index contributed by atoms with van der Waals surface area (Å²) in [6.45, 7) is 10.2. The Hall–Kier alpha value is -5.50. The summed E-state index contributed by atoms with van der Waals surface area (Å²) in [7, 11) is 0. The Labute approximate surface area is 398 Å². The van der Waals surface area contributed by atoms with Gasteiger partial charge in [0.25, 0.3) is 0 Å². The van der Waals surface area contributed by atoms with E-state index < -0.39 is 133 Å². The van der Waals surface area contributed by atoms with Crippen molar-refractivity contribution < 1.29 is 63.3 Å². The highest BCUT2D eigenvalue weighted by atomic mass is 16.4. The van der Waals surface area contributed by atoms with E-state index in [1.54, 1.807) is 41.5 Å². The summed E-state index contributed by atoms with van der Waals surface area (Å²) in [5, 5.41) is 49.2. The van der Waals surface area contributed by atoms with Gasteiger partial charge in [0.1, 0.15) is 48.3 Å². The standard InChI is InChI=1S/C43H80N12O13/c1-22(2)18-29(39(63)50-28(14-15-33(47)58)38(62)55-34(24(5)6)43(67)68)51-35(59)25(7)48-37(61)27(13-9-11-17-45)49-41(65)31(20-56)54-42(66)32(21-57)53-40(64)30(19-23(3)4)52-36(60)26(46)12-8-10-16-44/h22-32,34,56-57H,8-21,44-46H2,1-7H3,(H2,47,58)(H,48,61)(H,49,65)(H,50,63)(H,51,59)(H,52,60)(H,53,64)(H,54,66)(H,55,62)(H,67,68)/t25-,26-,27-,28-,29-,30-,31-,32-,34-/m0/s1. The summed E-state index contributed by atoms with van der Waals surface area (Å²) in [4.78, 5) is 130. The molecule has 19 N–H and O–H groups in total. The first-order chi connectivity index (χ1) is 31.8. The van der Waals surface area contributed by atoms with Crippen molar-refractivity contribution in [1.82, 2.24) is 42.5 Å². The Morgan fingerprint density at radius 2 is 0.824 bits per heavy atom. The maximum Gasteiger partial charge on any atom is 0.326 e. The molecule has 0 aromatic heterocycles. The van der Waals surface area contributed by atoms with Gasteiger partial charge in [-0.1, -0.05) is 48.0 Å². The molecule has 0 radical (unpaired) electrons. The van der Waals surface area contributed by atoms with Gasteiger partial charge < -0.3 is 80.8 Å². The van der Waals surface area contributed by atoms with Crippen LogP contribution in [0.2, 0.25) is 0 Å². The number of carbonyl (C=O) groups excluding carboxylic acids is 9. The molecule has 0 rings (SSSR count). The molecule has 0 fully saturated rings. The van der Waals surface area contributed by atoms with Crippen LogP contribution >= 0.6 is 0 Å². The molecule has 9 atom stereocenters. The number of aliphatic hydroxyl groups is 2. The fourth-order valence-electron chi connectivity index (χ4n) is 6.56. The zero-order valence-electron chi connectivity index (χ0n) is 40.6. The van der Waals surface area contributed by atoms with Crippen LogP contribution in [-0.4, -0.2) is 155 Å². The molecule has 0 spiro atoms. The Morgan fingerprint density at radius 1 is 0.456 bits per heavy atom. The van der Waals surface area contributed by atoms with E-state index in [9.17, 15) is 63.3 Å². The third-order valence-corrected chi connectivity index (χ3v) is 10.5. The number of carbonyl (C=O) groups is 10. The molecule has 0 saturated heterocycles. The minimum absolute atomic E-state index is 0.0170. The molecule has 0 bridgehead atoms. The van der Waals surface area contributed by atoms with Crippen LogP contribution in [0.5, 0.6) is 0 Å². The number of hydrogen-bond donors (Lipinski definition) is 15. The lowest BCUT2D eigenvalue weighted by atomic mass is 10.0. The van der Waals surface area contributed by atoms with Gasteiger partial charge in [-0.3, -0.25) is 43.2 Å². The monoisotopic (exact) mass is 973 g/mol. The minimum Gasteiger partial charge on any atom is -0.480 e. The Kier molecular flexibility index (Phi) is 30.4. The lowest BCUT2D eigenvalue weighted by molar-refractivity contribution is -0.143. The van der Waals surface area contributed by atoms with E-state index in [0.29, 0.717) is 38.6 Å². The first kappa shape index (κ1) is 62.5. The molecule has 68 heavy (non-hydrogen) atoms. The molecule has 0 saturated carbocycles. The number of aliphatic hydroxyl groups excluding tert-OH is 2.